The molecule has 6 heterocycles. The van der Waals surface area contributed by atoms with Gasteiger partial charge in [-0.05, 0) is 262 Å². The molecule has 12 rings (SSSR count). The Labute approximate surface area is 565 Å². The molecule has 0 radical (unpaired) electrons. The fraction of sp³-hybridized carbons (Fsp3) is 0.467. The number of hydrogen-bond donors (Lipinski definition) is 1. The second kappa shape index (κ2) is 33.8. The van der Waals surface area contributed by atoms with E-state index in [4.69, 9.17) is 73.6 Å². The fourth-order valence-electron chi connectivity index (χ4n) is 13.4. The topological polar surface area (TPSA) is 179 Å². The number of fused-ring (bicyclic) bond motifs is 6. The fourth-order valence-corrected chi connectivity index (χ4v) is 14.0. The number of rotatable bonds is 3. The minimum Gasteiger partial charge on any atom is -0.444 e. The van der Waals surface area contributed by atoms with Gasteiger partial charge in [-0.25, -0.2) is 14.4 Å². The number of amides is 2. The van der Waals surface area contributed by atoms with Crippen molar-refractivity contribution in [3.63, 3.8) is 0 Å². The van der Waals surface area contributed by atoms with Gasteiger partial charge in [-0.1, -0.05) is 83.4 Å². The van der Waals surface area contributed by atoms with Crippen molar-refractivity contribution >= 4 is 78.9 Å². The molecule has 3 aromatic carbocycles. The zero-order valence-corrected chi connectivity index (χ0v) is 58.1. The van der Waals surface area contributed by atoms with Crippen molar-refractivity contribution in [2.75, 3.05) is 46.4 Å². The predicted octanol–water partition coefficient (Wildman–Crippen LogP) is 16.8. The van der Waals surface area contributed by atoms with E-state index in [1.54, 1.807) is 20.8 Å². The number of likely N-dealkylation sites (tertiary alicyclic amines) is 2. The summed E-state index contributed by atoms with van der Waals surface area (Å²) in [7, 11) is 1.29. The van der Waals surface area contributed by atoms with Crippen molar-refractivity contribution < 1.29 is 42.9 Å². The zero-order chi connectivity index (χ0) is 67.6. The van der Waals surface area contributed by atoms with E-state index in [9.17, 15) is 14.4 Å². The van der Waals surface area contributed by atoms with Gasteiger partial charge in [0.05, 0.1) is 24.2 Å². The highest BCUT2D eigenvalue weighted by molar-refractivity contribution is 6.31. The summed E-state index contributed by atoms with van der Waals surface area (Å²) in [5, 5.41) is 5.87. The molecule has 3 aliphatic heterocycles. The molecule has 0 saturated carbocycles. The maximum atomic E-state index is 12.5. The zero-order valence-electron chi connectivity index (χ0n) is 55.8. The number of benzene rings is 3. The third-order valence-electron chi connectivity index (χ3n) is 17.4. The Hall–Kier alpha value is -7.17. The molecule has 1 N–H and O–H groups in total. The average molecular weight is 1330 g/mol. The van der Waals surface area contributed by atoms with Gasteiger partial charge in [-0.2, -0.15) is 0 Å². The number of aryl methyl sites for hydroxylation is 4. The summed E-state index contributed by atoms with van der Waals surface area (Å²) in [4.78, 5) is 69.4. The van der Waals surface area contributed by atoms with Crippen molar-refractivity contribution in [3.8, 4) is 0 Å². The number of nitrogens with zero attached hydrogens (tertiary/aromatic N) is 5. The quantitative estimate of drug-likeness (QED) is 0.131. The van der Waals surface area contributed by atoms with Crippen LogP contribution < -0.4 is 5.32 Å². The van der Waals surface area contributed by atoms with Gasteiger partial charge in [0.2, 0.25) is 0 Å². The summed E-state index contributed by atoms with van der Waals surface area (Å²) in [6, 6.07) is 31.5. The summed E-state index contributed by atoms with van der Waals surface area (Å²) in [6.07, 6.45) is 19.2. The van der Waals surface area contributed by atoms with Crippen LogP contribution in [-0.4, -0.2) is 120 Å². The molecule has 3 atom stereocenters. The van der Waals surface area contributed by atoms with Crippen LogP contribution in [0.1, 0.15) is 186 Å². The first-order chi connectivity index (χ1) is 44.4. The van der Waals surface area contributed by atoms with Crippen molar-refractivity contribution in [2.24, 2.45) is 17.8 Å². The second-order valence-corrected chi connectivity index (χ2v) is 28.5. The lowest BCUT2D eigenvalue weighted by molar-refractivity contribution is -0.0987. The lowest BCUT2D eigenvalue weighted by atomic mass is 9.76. The van der Waals surface area contributed by atoms with Crippen molar-refractivity contribution in [1.29, 1.82) is 0 Å². The number of ether oxygens (including phenoxy) is 4. The van der Waals surface area contributed by atoms with Crippen LogP contribution in [0.4, 0.5) is 14.4 Å². The maximum absolute atomic E-state index is 12.5. The molecule has 3 fully saturated rings. The van der Waals surface area contributed by atoms with Crippen LogP contribution in [0.5, 0.6) is 0 Å². The first-order valence-electron chi connectivity index (χ1n) is 32.3. The van der Waals surface area contributed by atoms with Gasteiger partial charge in [0, 0.05) is 77.6 Å². The molecule has 0 spiro atoms. The Morgan fingerprint density at radius 2 is 0.828 bits per heavy atom. The Morgan fingerprint density at radius 1 is 0.462 bits per heavy atom. The lowest BCUT2D eigenvalue weighted by Gasteiger charge is -2.37. The average Bonchev–Trinajstić information content (AvgIpc) is 1.75. The van der Waals surface area contributed by atoms with Crippen LogP contribution in [0.15, 0.2) is 110 Å². The van der Waals surface area contributed by atoms with Gasteiger partial charge in [-0.3, -0.25) is 15.0 Å². The van der Waals surface area contributed by atoms with Gasteiger partial charge in [0.15, 0.2) is 0 Å². The molecule has 93 heavy (non-hydrogen) atoms. The molecule has 3 aromatic heterocycles. The Bertz CT molecular complexity index is 3440. The highest BCUT2D eigenvalue weighted by Gasteiger charge is 2.38. The van der Waals surface area contributed by atoms with Crippen molar-refractivity contribution in [2.45, 2.75) is 161 Å². The van der Waals surface area contributed by atoms with Crippen LogP contribution >= 0.6 is 34.8 Å². The van der Waals surface area contributed by atoms with E-state index in [-0.39, 0.29) is 24.0 Å². The van der Waals surface area contributed by atoms with E-state index >= 15 is 0 Å². The van der Waals surface area contributed by atoms with E-state index < -0.39 is 23.0 Å². The summed E-state index contributed by atoms with van der Waals surface area (Å²) in [5.74, 6) is 2.39. The number of carbonyl (C=O) groups is 5. The van der Waals surface area contributed by atoms with E-state index in [1.807, 2.05) is 120 Å². The van der Waals surface area contributed by atoms with Crippen LogP contribution in [0, 0.1) is 17.8 Å². The normalized spacial score (nSPS) is 18.5. The SMILES string of the molecule is C=O.C=O.CC(C)(C)OC(=O)N1CCC(C2c3ccc(Cl)cc3C=Cc3cccnc32)CC1.CC(C)(C)OC(=O)N1CCC(C2c3ccc(Cl)cc3CCc3cccnc32)CC1.COC(=O)OC(C)(C)C.Clc1ccc2c(c1)CCc1cccnc1C2C1CCNCC1. The number of pyridine rings is 3. The van der Waals surface area contributed by atoms with E-state index in [1.165, 1.54) is 70.3 Å². The number of halogens is 3. The smallest absolute Gasteiger partial charge is 0.444 e. The van der Waals surface area contributed by atoms with Crippen LogP contribution in [0.3, 0.4) is 0 Å². The van der Waals surface area contributed by atoms with E-state index in [0.717, 1.165) is 109 Å². The van der Waals surface area contributed by atoms with Crippen LogP contribution in [0.25, 0.3) is 12.2 Å². The number of aromatic nitrogens is 3. The number of carbonyl (C=O) groups excluding carboxylic acids is 5. The number of hydrogen-bond acceptors (Lipinski definition) is 13. The standard InChI is InChI=1S/C24H29ClN2O2.C24H27ClN2O2.C19H21ClN2.C6H12O3.2CH2O/c2*1-24(2,3)29-23(28)27-13-10-16(11-14-27)21-20-9-8-19(25)15-18(20)7-6-17-5-4-12-26-22(17)21;20-16-5-6-17-15(12-16)4-3-14-2-1-9-22-19(14)18(17)13-7-10-21-11-8-13;1-6(2,3)9-5(7)8-4;2*1-2/h4-5,8-9,12,15-16,21H,6-7,10-11,13-14H2,1-3H3;4-9,12,15-16,21H,10-11,13-14H2,1-3H3;1-2,5-6,9,12-13,18,21H,3-4,7-8,10-11H2;1-4H3;2*1H2. The molecule has 3 saturated heterocycles. The molecular weight excluding hydrogens is 1240 g/mol. The molecule has 498 valence electrons. The molecular formula is C75H93Cl3N6O9. The molecule has 18 heteroatoms. The summed E-state index contributed by atoms with van der Waals surface area (Å²) < 4.78 is 20.1. The highest BCUT2D eigenvalue weighted by Crippen LogP contribution is 2.46. The minimum absolute atomic E-state index is 0.189. The number of nitrogens with one attached hydrogen (secondary N) is 1. The lowest BCUT2D eigenvalue weighted by Crippen LogP contribution is -2.42. The van der Waals surface area contributed by atoms with Gasteiger partial charge in [0.25, 0.3) is 0 Å². The maximum Gasteiger partial charge on any atom is 0.508 e. The van der Waals surface area contributed by atoms with Gasteiger partial charge in [0.1, 0.15) is 30.4 Å². The van der Waals surface area contributed by atoms with Crippen LogP contribution in [-0.2, 0) is 54.2 Å². The van der Waals surface area contributed by atoms with Gasteiger partial charge >= 0.3 is 18.3 Å². The largest absolute Gasteiger partial charge is 0.508 e. The third kappa shape index (κ3) is 20.4. The monoisotopic (exact) mass is 1330 g/mol. The van der Waals surface area contributed by atoms with Crippen LogP contribution in [0.2, 0.25) is 15.1 Å². The Morgan fingerprint density at radius 3 is 1.25 bits per heavy atom. The Kier molecular flexibility index (Phi) is 26.6. The van der Waals surface area contributed by atoms with Gasteiger partial charge in [-0.15, -0.1) is 0 Å². The molecule has 2 amide bonds. The summed E-state index contributed by atoms with van der Waals surface area (Å²) in [5.41, 5.74) is 14.1. The number of methoxy groups -OCH3 is 1. The van der Waals surface area contributed by atoms with E-state index in [2.05, 4.69) is 76.8 Å². The first-order valence-corrected chi connectivity index (χ1v) is 33.4. The number of piperidine rings is 3. The highest BCUT2D eigenvalue weighted by atomic mass is 35.5. The van der Waals surface area contributed by atoms with E-state index in [0.29, 0.717) is 36.8 Å². The molecule has 6 aromatic rings. The Balaban J connectivity index is 0.000000182. The summed E-state index contributed by atoms with van der Waals surface area (Å²) >= 11 is 18.8. The van der Waals surface area contributed by atoms with Crippen molar-refractivity contribution in [1.82, 2.24) is 30.1 Å². The van der Waals surface area contributed by atoms with Crippen molar-refractivity contribution in [3.05, 3.63) is 192 Å². The molecule has 3 aliphatic carbocycles. The molecule has 3 unspecified atom stereocenters. The predicted molar refractivity (Wildman–Crippen MR) is 370 cm³/mol. The third-order valence-corrected chi connectivity index (χ3v) is 18.1. The molecule has 15 nitrogen and oxygen atoms in total. The first kappa shape index (κ1) is 73.2. The van der Waals surface area contributed by atoms with Gasteiger partial charge < -0.3 is 43.7 Å². The minimum atomic E-state index is -0.637. The molecule has 6 aliphatic rings. The molecule has 0 bridgehead atoms. The summed E-state index contributed by atoms with van der Waals surface area (Å²) in [6.45, 7) is 25.9. The second-order valence-electron chi connectivity index (χ2n) is 27.2.